The molecule has 1 aliphatic rings. The van der Waals surface area contributed by atoms with Crippen molar-refractivity contribution in [2.75, 3.05) is 13.2 Å². The van der Waals surface area contributed by atoms with Crippen molar-refractivity contribution in [1.29, 1.82) is 0 Å². The van der Waals surface area contributed by atoms with Gasteiger partial charge in [0.1, 0.15) is 22.4 Å². The van der Waals surface area contributed by atoms with E-state index in [-0.39, 0.29) is 24.3 Å². The molecule has 2 heterocycles. The molecule has 2 atom stereocenters. The molecule has 0 radical (unpaired) electrons. The van der Waals surface area contributed by atoms with Crippen LogP contribution in [-0.4, -0.2) is 33.7 Å². The minimum atomic E-state index is -0.534. The number of nitrogens with zero attached hydrogens (tertiary/aromatic N) is 3. The Morgan fingerprint density at radius 1 is 1.28 bits per heavy atom. The van der Waals surface area contributed by atoms with Gasteiger partial charge >= 0.3 is 0 Å². The number of aryl methyl sites for hydroxylation is 1. The Balaban J connectivity index is 1.49. The van der Waals surface area contributed by atoms with Gasteiger partial charge in [0.25, 0.3) is 0 Å². The number of imidazole rings is 1. The molecule has 0 bridgehead atoms. The Morgan fingerprint density at radius 2 is 2.07 bits per heavy atom. The predicted molar refractivity (Wildman–Crippen MR) is 112 cm³/mol. The van der Waals surface area contributed by atoms with Gasteiger partial charge in [-0.1, -0.05) is 35.9 Å². The van der Waals surface area contributed by atoms with Crippen LogP contribution in [0.2, 0.25) is 5.02 Å². The molecule has 5 nitrogen and oxygen atoms in total. The summed E-state index contributed by atoms with van der Waals surface area (Å²) in [5.74, 6) is 0.0967. The van der Waals surface area contributed by atoms with Gasteiger partial charge in [0.05, 0.1) is 11.3 Å². The Hall–Kier alpha value is -2.38. The van der Waals surface area contributed by atoms with Crippen LogP contribution in [-0.2, 0) is 11.8 Å². The molecule has 1 saturated carbocycles. The summed E-state index contributed by atoms with van der Waals surface area (Å²) in [6, 6.07) is 11.9. The van der Waals surface area contributed by atoms with Crippen molar-refractivity contribution in [3.05, 3.63) is 59.5 Å². The molecule has 1 amide bonds. The smallest absolute Gasteiger partial charge is 0.223 e. The van der Waals surface area contributed by atoms with Gasteiger partial charge in [-0.2, -0.15) is 0 Å². The maximum Gasteiger partial charge on any atom is 0.223 e. The van der Waals surface area contributed by atoms with Gasteiger partial charge in [0.2, 0.25) is 5.91 Å². The van der Waals surface area contributed by atoms with Gasteiger partial charge in [-0.3, -0.25) is 4.79 Å². The van der Waals surface area contributed by atoms with Gasteiger partial charge in [-0.25, -0.2) is 14.4 Å². The van der Waals surface area contributed by atoms with Crippen LogP contribution in [0, 0.1) is 5.92 Å². The van der Waals surface area contributed by atoms with Gasteiger partial charge in [-0.05, 0) is 41.8 Å². The molecular formula is C21H20ClFN4OS. The van der Waals surface area contributed by atoms with E-state index in [9.17, 15) is 9.18 Å². The van der Waals surface area contributed by atoms with Crippen molar-refractivity contribution in [2.45, 2.75) is 22.4 Å². The molecule has 1 N–H and O–H groups in total. The number of benzene rings is 1. The first kappa shape index (κ1) is 19.9. The molecule has 3 aromatic rings. The summed E-state index contributed by atoms with van der Waals surface area (Å²) >= 11 is 7.45. The zero-order chi connectivity index (χ0) is 20.4. The summed E-state index contributed by atoms with van der Waals surface area (Å²) in [6.07, 6.45) is 4.22. The zero-order valence-corrected chi connectivity index (χ0v) is 17.4. The summed E-state index contributed by atoms with van der Waals surface area (Å²) in [7, 11) is 1.95. The van der Waals surface area contributed by atoms with E-state index >= 15 is 0 Å². The van der Waals surface area contributed by atoms with E-state index in [0.29, 0.717) is 5.02 Å². The monoisotopic (exact) mass is 430 g/mol. The van der Waals surface area contributed by atoms with E-state index in [1.807, 2.05) is 48.0 Å². The lowest BCUT2D eigenvalue weighted by Crippen LogP contribution is -2.27. The standard InChI is InChI=1S/C21H20ClFN4OS/c1-27-12-26-19(21(27)29-18-7-6-15(22)11-25-18)14-4-2-13(3-5-14)16-10-17(16)20(28)24-9-8-23/h2-7,11-12,16-17H,8-10H2,1H3,(H,24,28)/t16-,17+/m1/s1. The molecule has 0 spiro atoms. The number of nitrogens with one attached hydrogen (secondary N) is 1. The number of hydrogen-bond acceptors (Lipinski definition) is 4. The maximum absolute atomic E-state index is 12.2. The van der Waals surface area contributed by atoms with Crippen LogP contribution in [0.5, 0.6) is 0 Å². The third-order valence-electron chi connectivity index (χ3n) is 4.92. The largest absolute Gasteiger partial charge is 0.353 e. The van der Waals surface area contributed by atoms with Crippen LogP contribution in [0.15, 0.2) is 59.0 Å². The first-order chi connectivity index (χ1) is 14.1. The van der Waals surface area contributed by atoms with Crippen molar-refractivity contribution >= 4 is 29.3 Å². The zero-order valence-electron chi connectivity index (χ0n) is 15.8. The average Bonchev–Trinajstić information content (AvgIpc) is 3.46. The topological polar surface area (TPSA) is 59.8 Å². The fraction of sp³-hybridized carbons (Fsp3) is 0.286. The maximum atomic E-state index is 12.2. The number of carbonyl (C=O) groups excluding carboxylic acids is 1. The van der Waals surface area contributed by atoms with E-state index in [2.05, 4.69) is 15.3 Å². The Bertz CT molecular complexity index is 1010. The molecule has 0 unspecified atom stereocenters. The second-order valence-electron chi connectivity index (χ2n) is 6.98. The molecule has 0 saturated heterocycles. The summed E-state index contributed by atoms with van der Waals surface area (Å²) in [5, 5.41) is 5.06. The number of hydrogen-bond donors (Lipinski definition) is 1. The quantitative estimate of drug-likeness (QED) is 0.600. The minimum Gasteiger partial charge on any atom is -0.353 e. The number of pyridine rings is 1. The van der Waals surface area contributed by atoms with Gasteiger partial charge in [0.15, 0.2) is 0 Å². The summed E-state index contributed by atoms with van der Waals surface area (Å²) in [6.45, 7) is -0.447. The molecule has 0 aliphatic heterocycles. The van der Waals surface area contributed by atoms with Crippen molar-refractivity contribution in [3.63, 3.8) is 0 Å². The highest BCUT2D eigenvalue weighted by molar-refractivity contribution is 7.99. The highest BCUT2D eigenvalue weighted by Crippen LogP contribution is 2.48. The van der Waals surface area contributed by atoms with Crippen LogP contribution in [0.25, 0.3) is 11.3 Å². The number of carbonyl (C=O) groups is 1. The van der Waals surface area contributed by atoms with Crippen molar-refractivity contribution in [2.24, 2.45) is 13.0 Å². The average molecular weight is 431 g/mol. The van der Waals surface area contributed by atoms with E-state index in [0.717, 1.165) is 33.3 Å². The third kappa shape index (κ3) is 4.46. The van der Waals surface area contributed by atoms with E-state index < -0.39 is 6.67 Å². The molecule has 29 heavy (non-hydrogen) atoms. The van der Waals surface area contributed by atoms with Gasteiger partial charge in [-0.15, -0.1) is 0 Å². The van der Waals surface area contributed by atoms with Gasteiger partial charge in [0, 0.05) is 31.3 Å². The fourth-order valence-electron chi connectivity index (χ4n) is 3.30. The number of alkyl halides is 1. The van der Waals surface area contributed by atoms with Crippen LogP contribution >= 0.6 is 23.4 Å². The van der Waals surface area contributed by atoms with E-state index in [1.165, 1.54) is 11.8 Å². The number of halogens is 2. The van der Waals surface area contributed by atoms with Gasteiger partial charge < -0.3 is 9.88 Å². The Labute approximate surface area is 177 Å². The molecular weight excluding hydrogens is 411 g/mol. The molecule has 1 fully saturated rings. The van der Waals surface area contributed by atoms with E-state index in [1.54, 1.807) is 12.5 Å². The number of amides is 1. The summed E-state index contributed by atoms with van der Waals surface area (Å²) in [4.78, 5) is 20.9. The second kappa shape index (κ2) is 8.55. The second-order valence-corrected chi connectivity index (χ2v) is 8.42. The number of rotatable bonds is 7. The molecule has 1 aliphatic carbocycles. The van der Waals surface area contributed by atoms with Crippen molar-refractivity contribution < 1.29 is 9.18 Å². The summed E-state index contributed by atoms with van der Waals surface area (Å²) < 4.78 is 14.2. The van der Waals surface area contributed by atoms with Crippen LogP contribution in [0.3, 0.4) is 0 Å². The molecule has 1 aromatic carbocycles. The minimum absolute atomic E-state index is 0.0515. The molecule has 2 aromatic heterocycles. The van der Waals surface area contributed by atoms with Crippen LogP contribution in [0.1, 0.15) is 17.9 Å². The third-order valence-corrected chi connectivity index (χ3v) is 6.27. The number of aromatic nitrogens is 3. The van der Waals surface area contributed by atoms with Crippen molar-refractivity contribution in [3.8, 4) is 11.3 Å². The Morgan fingerprint density at radius 3 is 2.76 bits per heavy atom. The lowest BCUT2D eigenvalue weighted by molar-refractivity contribution is -0.122. The predicted octanol–water partition coefficient (Wildman–Crippen LogP) is 4.48. The molecule has 4 rings (SSSR count). The van der Waals surface area contributed by atoms with Crippen LogP contribution in [0.4, 0.5) is 4.39 Å². The highest BCUT2D eigenvalue weighted by Gasteiger charge is 2.43. The molecule has 150 valence electrons. The highest BCUT2D eigenvalue weighted by atomic mass is 35.5. The Kier molecular flexibility index (Phi) is 5.87. The fourth-order valence-corrected chi connectivity index (χ4v) is 4.31. The van der Waals surface area contributed by atoms with Crippen molar-refractivity contribution in [1.82, 2.24) is 19.9 Å². The first-order valence-electron chi connectivity index (χ1n) is 9.31. The lowest BCUT2D eigenvalue weighted by atomic mass is 10.1. The molecule has 8 heteroatoms. The SMILES string of the molecule is Cn1cnc(-c2ccc([C@H]3C[C@@H]3C(=O)NCCF)cc2)c1Sc1ccc(Cl)cn1. The van der Waals surface area contributed by atoms with Crippen LogP contribution < -0.4 is 5.32 Å². The lowest BCUT2D eigenvalue weighted by Gasteiger charge is -2.07. The summed E-state index contributed by atoms with van der Waals surface area (Å²) in [5.41, 5.74) is 3.01. The normalized spacial score (nSPS) is 17.9. The van der Waals surface area contributed by atoms with E-state index in [4.69, 9.17) is 11.6 Å². The first-order valence-corrected chi connectivity index (χ1v) is 10.5.